The van der Waals surface area contributed by atoms with E-state index in [-0.39, 0.29) is 11.3 Å². The van der Waals surface area contributed by atoms with E-state index in [1.54, 1.807) is 12.1 Å². The van der Waals surface area contributed by atoms with E-state index in [2.05, 4.69) is 10.3 Å². The van der Waals surface area contributed by atoms with Gasteiger partial charge in [-0.1, -0.05) is 11.3 Å². The van der Waals surface area contributed by atoms with Crippen LogP contribution in [0.25, 0.3) is 10.2 Å². The van der Waals surface area contributed by atoms with E-state index in [1.165, 1.54) is 37.7 Å². The summed E-state index contributed by atoms with van der Waals surface area (Å²) in [6.07, 6.45) is -0.260. The van der Waals surface area contributed by atoms with Gasteiger partial charge < -0.3 is 14.8 Å². The average Bonchev–Trinajstić information content (AvgIpc) is 3.09. The van der Waals surface area contributed by atoms with Crippen LogP contribution >= 0.6 is 11.3 Å². The van der Waals surface area contributed by atoms with E-state index in [0.29, 0.717) is 26.8 Å². The number of rotatable bonds is 7. The monoisotopic (exact) mass is 424 g/mol. The fourth-order valence-corrected chi connectivity index (χ4v) is 4.74. The first-order chi connectivity index (χ1) is 13.3. The number of anilines is 1. The molecule has 1 heterocycles. The molecule has 28 heavy (non-hydrogen) atoms. The molecule has 0 spiro atoms. The van der Waals surface area contributed by atoms with Crippen LogP contribution in [-0.4, -0.2) is 39.3 Å². The van der Waals surface area contributed by atoms with Gasteiger partial charge in [0.1, 0.15) is 27.5 Å². The Balaban J connectivity index is 1.72. The molecular formula is C18H17FN2O5S2. The summed E-state index contributed by atoms with van der Waals surface area (Å²) in [7, 11) is -0.654. The number of benzene rings is 2. The molecule has 0 saturated carbocycles. The Hall–Kier alpha value is -2.72. The number of hydrogen-bond acceptors (Lipinski definition) is 7. The predicted molar refractivity (Wildman–Crippen MR) is 104 cm³/mol. The third-order valence-corrected chi connectivity index (χ3v) is 6.64. The van der Waals surface area contributed by atoms with E-state index in [4.69, 9.17) is 9.47 Å². The van der Waals surface area contributed by atoms with Gasteiger partial charge in [-0.05, 0) is 36.4 Å². The van der Waals surface area contributed by atoms with Gasteiger partial charge in [-0.2, -0.15) is 0 Å². The lowest BCUT2D eigenvalue weighted by Crippen LogP contribution is -2.17. The maximum Gasteiger partial charge on any atom is 0.227 e. The number of thiazole rings is 1. The summed E-state index contributed by atoms with van der Waals surface area (Å²) >= 11 is 1.20. The minimum atomic E-state index is -3.69. The van der Waals surface area contributed by atoms with Crippen LogP contribution in [0.4, 0.5) is 9.52 Å². The summed E-state index contributed by atoms with van der Waals surface area (Å²) in [4.78, 5) is 16.5. The van der Waals surface area contributed by atoms with Gasteiger partial charge in [0.15, 0.2) is 15.0 Å². The highest BCUT2D eigenvalue weighted by molar-refractivity contribution is 7.91. The van der Waals surface area contributed by atoms with Crippen molar-refractivity contribution in [1.82, 2.24) is 4.98 Å². The molecule has 3 rings (SSSR count). The summed E-state index contributed by atoms with van der Waals surface area (Å²) in [5, 5.41) is 2.91. The third kappa shape index (κ3) is 4.23. The number of methoxy groups -OCH3 is 2. The maximum atomic E-state index is 12.9. The molecule has 0 radical (unpaired) electrons. The molecule has 0 unspecified atom stereocenters. The van der Waals surface area contributed by atoms with Crippen LogP contribution in [0, 0.1) is 5.82 Å². The number of nitrogens with one attached hydrogen (secondary N) is 1. The van der Waals surface area contributed by atoms with Crippen molar-refractivity contribution in [3.63, 3.8) is 0 Å². The molecule has 2 aromatic carbocycles. The zero-order valence-electron chi connectivity index (χ0n) is 15.1. The number of aromatic nitrogens is 1. The Kier molecular flexibility index (Phi) is 5.80. The second-order valence-electron chi connectivity index (χ2n) is 5.74. The Morgan fingerprint density at radius 2 is 1.75 bits per heavy atom. The minimum absolute atomic E-state index is 0.0313. The first-order valence-electron chi connectivity index (χ1n) is 8.14. The van der Waals surface area contributed by atoms with Gasteiger partial charge in [0.05, 0.1) is 24.9 Å². The molecule has 0 bridgehead atoms. The maximum absolute atomic E-state index is 12.9. The molecule has 0 aliphatic rings. The summed E-state index contributed by atoms with van der Waals surface area (Å²) < 4.78 is 48.7. The van der Waals surface area contributed by atoms with Crippen LogP contribution in [0.1, 0.15) is 6.42 Å². The first kappa shape index (κ1) is 20.0. The van der Waals surface area contributed by atoms with Crippen LogP contribution in [-0.2, 0) is 14.6 Å². The zero-order chi connectivity index (χ0) is 20.3. The van der Waals surface area contributed by atoms with Crippen LogP contribution in [0.2, 0.25) is 0 Å². The molecular weight excluding hydrogens is 407 g/mol. The number of halogens is 1. The van der Waals surface area contributed by atoms with Crippen LogP contribution in [0.5, 0.6) is 11.5 Å². The summed E-state index contributed by atoms with van der Waals surface area (Å²) in [6.45, 7) is 0. The van der Waals surface area contributed by atoms with E-state index < -0.39 is 27.3 Å². The fourth-order valence-electron chi connectivity index (χ4n) is 2.51. The lowest BCUT2D eigenvalue weighted by Gasteiger charge is -2.04. The van der Waals surface area contributed by atoms with Crippen molar-refractivity contribution in [2.24, 2.45) is 0 Å². The SMILES string of the molecule is COc1ccc(OC)c2sc(NC(=O)CCS(=O)(=O)c3ccc(F)cc3)nc12. The molecule has 0 fully saturated rings. The zero-order valence-corrected chi connectivity index (χ0v) is 16.7. The Labute approximate surface area is 165 Å². The standard InChI is InChI=1S/C18H17FN2O5S2/c1-25-13-7-8-14(26-2)17-16(13)21-18(27-17)20-15(22)9-10-28(23,24)12-5-3-11(19)4-6-12/h3-8H,9-10H2,1-2H3,(H,20,21,22). The number of hydrogen-bond donors (Lipinski definition) is 1. The normalized spacial score (nSPS) is 11.4. The van der Waals surface area contributed by atoms with Crippen molar-refractivity contribution < 1.29 is 27.1 Å². The van der Waals surface area contributed by atoms with Gasteiger partial charge in [0.2, 0.25) is 5.91 Å². The van der Waals surface area contributed by atoms with Crippen molar-refractivity contribution in [3.8, 4) is 11.5 Å². The number of fused-ring (bicyclic) bond motifs is 1. The lowest BCUT2D eigenvalue weighted by atomic mass is 10.3. The summed E-state index contributed by atoms with van der Waals surface area (Å²) in [5.41, 5.74) is 0.543. The molecule has 0 aliphatic carbocycles. The molecule has 3 aromatic rings. The van der Waals surface area contributed by atoms with Gasteiger partial charge in [0.25, 0.3) is 0 Å². The third-order valence-electron chi connectivity index (χ3n) is 3.93. The fraction of sp³-hybridized carbons (Fsp3) is 0.222. The second kappa shape index (κ2) is 8.11. The van der Waals surface area contributed by atoms with E-state index >= 15 is 0 Å². The Bertz CT molecular complexity index is 1070. The molecule has 1 amide bonds. The predicted octanol–water partition coefficient (Wildman–Crippen LogP) is 3.26. The quantitative estimate of drug-likeness (QED) is 0.585. The highest BCUT2D eigenvalue weighted by Gasteiger charge is 2.19. The highest BCUT2D eigenvalue weighted by atomic mass is 32.2. The van der Waals surface area contributed by atoms with Crippen molar-refractivity contribution in [3.05, 3.63) is 42.2 Å². The molecule has 148 valence electrons. The summed E-state index contributed by atoms with van der Waals surface area (Å²) in [5.74, 6) is -0.303. The van der Waals surface area contributed by atoms with Gasteiger partial charge in [-0.3, -0.25) is 4.79 Å². The molecule has 1 N–H and O–H groups in total. The molecule has 0 atom stereocenters. The van der Waals surface area contributed by atoms with Gasteiger partial charge in [0, 0.05) is 6.42 Å². The summed E-state index contributed by atoms with van der Waals surface area (Å²) in [6, 6.07) is 7.93. The largest absolute Gasteiger partial charge is 0.495 e. The van der Waals surface area contributed by atoms with Crippen molar-refractivity contribution in [2.75, 3.05) is 25.3 Å². The molecule has 10 heteroatoms. The van der Waals surface area contributed by atoms with Crippen molar-refractivity contribution >= 4 is 42.4 Å². The topological polar surface area (TPSA) is 94.6 Å². The number of carbonyl (C=O) groups excluding carboxylic acids is 1. The minimum Gasteiger partial charge on any atom is -0.495 e. The van der Waals surface area contributed by atoms with Crippen molar-refractivity contribution in [2.45, 2.75) is 11.3 Å². The van der Waals surface area contributed by atoms with E-state index in [1.807, 2.05) is 0 Å². The van der Waals surface area contributed by atoms with Crippen LogP contribution in [0.3, 0.4) is 0 Å². The first-order valence-corrected chi connectivity index (χ1v) is 10.6. The molecule has 7 nitrogen and oxygen atoms in total. The van der Waals surface area contributed by atoms with Gasteiger partial charge in [-0.25, -0.2) is 17.8 Å². The molecule has 0 aliphatic heterocycles. The van der Waals surface area contributed by atoms with Gasteiger partial charge in [-0.15, -0.1) is 0 Å². The average molecular weight is 424 g/mol. The number of carbonyl (C=O) groups is 1. The lowest BCUT2D eigenvalue weighted by molar-refractivity contribution is -0.115. The smallest absolute Gasteiger partial charge is 0.227 e. The van der Waals surface area contributed by atoms with E-state index in [0.717, 1.165) is 12.1 Å². The van der Waals surface area contributed by atoms with Gasteiger partial charge >= 0.3 is 0 Å². The van der Waals surface area contributed by atoms with Crippen LogP contribution in [0.15, 0.2) is 41.3 Å². The number of ether oxygens (including phenoxy) is 2. The second-order valence-corrected chi connectivity index (χ2v) is 8.85. The van der Waals surface area contributed by atoms with Crippen LogP contribution < -0.4 is 14.8 Å². The Morgan fingerprint density at radius 1 is 1.11 bits per heavy atom. The molecule has 1 aromatic heterocycles. The number of nitrogens with zero attached hydrogens (tertiary/aromatic N) is 1. The van der Waals surface area contributed by atoms with Crippen molar-refractivity contribution in [1.29, 1.82) is 0 Å². The number of amides is 1. The molecule has 0 saturated heterocycles. The Morgan fingerprint density at radius 3 is 2.39 bits per heavy atom. The number of sulfone groups is 1. The van der Waals surface area contributed by atoms with E-state index in [9.17, 15) is 17.6 Å². The highest BCUT2D eigenvalue weighted by Crippen LogP contribution is 2.38.